The van der Waals surface area contributed by atoms with E-state index >= 15 is 0 Å². The molecule has 4 aromatic rings. The Bertz CT molecular complexity index is 1160. The van der Waals surface area contributed by atoms with Crippen LogP contribution in [-0.2, 0) is 6.54 Å². The van der Waals surface area contributed by atoms with Gasteiger partial charge >= 0.3 is 0 Å². The summed E-state index contributed by atoms with van der Waals surface area (Å²) in [6.45, 7) is 4.25. The first-order valence-corrected chi connectivity index (χ1v) is 9.14. The average molecular weight is 373 g/mol. The van der Waals surface area contributed by atoms with Crippen molar-refractivity contribution in [1.29, 1.82) is 0 Å². The quantitative estimate of drug-likeness (QED) is 0.492. The van der Waals surface area contributed by atoms with Crippen LogP contribution in [0.3, 0.4) is 0 Å². The van der Waals surface area contributed by atoms with Gasteiger partial charge in [0.25, 0.3) is 5.91 Å². The van der Waals surface area contributed by atoms with Gasteiger partial charge in [0.15, 0.2) is 0 Å². The Balaban J connectivity index is 1.74. The number of rotatable bonds is 4. The highest BCUT2D eigenvalue weighted by Crippen LogP contribution is 2.35. The van der Waals surface area contributed by atoms with E-state index in [1.165, 1.54) is 12.1 Å². The largest absolute Gasteiger partial charge is 0.450 e. The fourth-order valence-corrected chi connectivity index (χ4v) is 3.29. The standard InChI is InChI=1S/C24H20FNO2/c1-15-6-9-18(10-7-15)22-20-12-16(2)8-11-21(20)28-23(22)24(27)26-14-17-4-3-5-19(25)13-17/h3-13H,14H2,1-2H3,(H,26,27). The highest BCUT2D eigenvalue weighted by atomic mass is 19.1. The fraction of sp³-hybridized carbons (Fsp3) is 0.125. The molecule has 3 aromatic carbocycles. The lowest BCUT2D eigenvalue weighted by Crippen LogP contribution is -2.22. The first-order valence-electron chi connectivity index (χ1n) is 9.14. The summed E-state index contributed by atoms with van der Waals surface area (Å²) in [7, 11) is 0. The van der Waals surface area contributed by atoms with Crippen LogP contribution in [-0.4, -0.2) is 5.91 Å². The minimum Gasteiger partial charge on any atom is -0.450 e. The summed E-state index contributed by atoms with van der Waals surface area (Å²) in [5.74, 6) is -0.388. The Labute approximate surface area is 162 Å². The number of halogens is 1. The third-order valence-electron chi connectivity index (χ3n) is 4.73. The van der Waals surface area contributed by atoms with Crippen molar-refractivity contribution in [3.8, 4) is 11.1 Å². The average Bonchev–Trinajstić information content (AvgIpc) is 3.05. The summed E-state index contributed by atoms with van der Waals surface area (Å²) in [4.78, 5) is 12.9. The van der Waals surface area contributed by atoms with Crippen LogP contribution in [0.4, 0.5) is 4.39 Å². The Morgan fingerprint density at radius 1 is 0.964 bits per heavy atom. The van der Waals surface area contributed by atoms with E-state index in [4.69, 9.17) is 4.42 Å². The maximum Gasteiger partial charge on any atom is 0.287 e. The predicted molar refractivity (Wildman–Crippen MR) is 109 cm³/mol. The van der Waals surface area contributed by atoms with Crippen LogP contribution in [0.15, 0.2) is 71.1 Å². The molecule has 0 fully saturated rings. The number of furan rings is 1. The van der Waals surface area contributed by atoms with Gasteiger partial charge in [0.1, 0.15) is 11.4 Å². The lowest BCUT2D eigenvalue weighted by atomic mass is 9.99. The van der Waals surface area contributed by atoms with E-state index in [1.807, 2.05) is 56.3 Å². The summed E-state index contributed by atoms with van der Waals surface area (Å²) < 4.78 is 19.3. The molecule has 0 radical (unpaired) electrons. The van der Waals surface area contributed by atoms with Gasteiger partial charge in [-0.15, -0.1) is 0 Å². The second-order valence-corrected chi connectivity index (χ2v) is 6.98. The van der Waals surface area contributed by atoms with Crippen molar-refractivity contribution >= 4 is 16.9 Å². The highest BCUT2D eigenvalue weighted by molar-refractivity contribution is 6.08. The van der Waals surface area contributed by atoms with E-state index in [0.29, 0.717) is 11.1 Å². The molecule has 1 N–H and O–H groups in total. The van der Waals surface area contributed by atoms with Gasteiger partial charge in [-0.2, -0.15) is 0 Å². The lowest BCUT2D eigenvalue weighted by Gasteiger charge is -2.07. The summed E-state index contributed by atoms with van der Waals surface area (Å²) >= 11 is 0. The van der Waals surface area contributed by atoms with Crippen molar-refractivity contribution in [3.63, 3.8) is 0 Å². The molecular weight excluding hydrogens is 353 g/mol. The first kappa shape index (κ1) is 18.0. The van der Waals surface area contributed by atoms with Gasteiger partial charge in [-0.05, 0) is 49.2 Å². The van der Waals surface area contributed by atoms with Crippen LogP contribution in [0, 0.1) is 19.7 Å². The lowest BCUT2D eigenvalue weighted by molar-refractivity contribution is 0.0926. The van der Waals surface area contributed by atoms with E-state index in [2.05, 4.69) is 5.32 Å². The van der Waals surface area contributed by atoms with Gasteiger partial charge in [0, 0.05) is 17.5 Å². The number of amides is 1. The van der Waals surface area contributed by atoms with Crippen LogP contribution < -0.4 is 5.32 Å². The molecule has 0 aliphatic carbocycles. The van der Waals surface area contributed by atoms with Crippen molar-refractivity contribution < 1.29 is 13.6 Å². The van der Waals surface area contributed by atoms with Crippen molar-refractivity contribution in [1.82, 2.24) is 5.32 Å². The van der Waals surface area contributed by atoms with Crippen LogP contribution in [0.25, 0.3) is 22.1 Å². The van der Waals surface area contributed by atoms with Crippen molar-refractivity contribution in [3.05, 3.63) is 95.0 Å². The molecule has 3 nitrogen and oxygen atoms in total. The van der Waals surface area contributed by atoms with Gasteiger partial charge in [-0.1, -0.05) is 53.6 Å². The van der Waals surface area contributed by atoms with Gasteiger partial charge in [0.2, 0.25) is 5.76 Å². The van der Waals surface area contributed by atoms with Gasteiger partial charge < -0.3 is 9.73 Å². The van der Waals surface area contributed by atoms with E-state index in [1.54, 1.807) is 12.1 Å². The zero-order valence-electron chi connectivity index (χ0n) is 15.8. The predicted octanol–water partition coefficient (Wildman–Crippen LogP) is 5.79. The molecule has 140 valence electrons. The van der Waals surface area contributed by atoms with Crippen LogP contribution in [0.1, 0.15) is 27.2 Å². The zero-order valence-corrected chi connectivity index (χ0v) is 15.8. The summed E-state index contributed by atoms with van der Waals surface area (Å²) in [5, 5.41) is 3.74. The molecule has 4 heteroatoms. The number of benzene rings is 3. The minimum absolute atomic E-state index is 0.222. The molecule has 4 rings (SSSR count). The number of carbonyl (C=O) groups is 1. The SMILES string of the molecule is Cc1ccc(-c2c(C(=O)NCc3cccc(F)c3)oc3ccc(C)cc23)cc1. The van der Waals surface area contributed by atoms with Crippen molar-refractivity contribution in [2.24, 2.45) is 0 Å². The fourth-order valence-electron chi connectivity index (χ4n) is 3.29. The Hall–Kier alpha value is -3.40. The summed E-state index contributed by atoms with van der Waals surface area (Å²) in [6.07, 6.45) is 0. The minimum atomic E-state index is -0.327. The number of hydrogen-bond acceptors (Lipinski definition) is 2. The normalized spacial score (nSPS) is 11.0. The van der Waals surface area contributed by atoms with Crippen molar-refractivity contribution in [2.75, 3.05) is 0 Å². The summed E-state index contributed by atoms with van der Waals surface area (Å²) in [6, 6.07) is 20.0. The summed E-state index contributed by atoms with van der Waals surface area (Å²) in [5.41, 5.74) is 5.29. The molecule has 0 saturated carbocycles. The molecule has 0 spiro atoms. The van der Waals surface area contributed by atoms with Gasteiger partial charge in [-0.25, -0.2) is 4.39 Å². The first-order chi connectivity index (χ1) is 13.5. The number of hydrogen-bond donors (Lipinski definition) is 1. The molecule has 0 aliphatic heterocycles. The molecular formula is C24H20FNO2. The smallest absolute Gasteiger partial charge is 0.287 e. The molecule has 1 aromatic heterocycles. The van der Waals surface area contributed by atoms with E-state index in [-0.39, 0.29) is 24.0 Å². The molecule has 0 atom stereocenters. The Kier molecular flexibility index (Phi) is 4.70. The molecule has 0 aliphatic rings. The van der Waals surface area contributed by atoms with Gasteiger partial charge in [0.05, 0.1) is 0 Å². The highest BCUT2D eigenvalue weighted by Gasteiger charge is 2.22. The molecule has 0 saturated heterocycles. The van der Waals surface area contributed by atoms with E-state index < -0.39 is 0 Å². The van der Waals surface area contributed by atoms with Crippen LogP contribution >= 0.6 is 0 Å². The molecule has 1 amide bonds. The molecule has 0 bridgehead atoms. The van der Waals surface area contributed by atoms with Crippen LogP contribution in [0.2, 0.25) is 0 Å². The Morgan fingerprint density at radius 2 is 1.71 bits per heavy atom. The van der Waals surface area contributed by atoms with Crippen molar-refractivity contribution in [2.45, 2.75) is 20.4 Å². The van der Waals surface area contributed by atoms with Gasteiger partial charge in [-0.3, -0.25) is 4.79 Å². The number of fused-ring (bicyclic) bond motifs is 1. The topological polar surface area (TPSA) is 42.2 Å². The second kappa shape index (κ2) is 7.31. The molecule has 1 heterocycles. The maximum absolute atomic E-state index is 13.4. The number of aryl methyl sites for hydroxylation is 2. The number of nitrogens with one attached hydrogen (secondary N) is 1. The number of carbonyl (C=O) groups excluding carboxylic acids is 1. The van der Waals surface area contributed by atoms with E-state index in [9.17, 15) is 9.18 Å². The second-order valence-electron chi connectivity index (χ2n) is 6.98. The molecule has 0 unspecified atom stereocenters. The third-order valence-corrected chi connectivity index (χ3v) is 4.73. The van der Waals surface area contributed by atoms with E-state index in [0.717, 1.165) is 27.6 Å². The Morgan fingerprint density at radius 3 is 2.46 bits per heavy atom. The monoisotopic (exact) mass is 373 g/mol. The molecule has 28 heavy (non-hydrogen) atoms. The third kappa shape index (κ3) is 3.54. The maximum atomic E-state index is 13.4. The van der Waals surface area contributed by atoms with Crippen LogP contribution in [0.5, 0.6) is 0 Å². The zero-order chi connectivity index (χ0) is 19.7.